The molecule has 0 amide bonds. The first-order valence-electron chi connectivity index (χ1n) is 11.9. The van der Waals surface area contributed by atoms with Crippen molar-refractivity contribution in [1.29, 1.82) is 0 Å². The summed E-state index contributed by atoms with van der Waals surface area (Å²) in [5.74, 6) is 1.29. The summed E-state index contributed by atoms with van der Waals surface area (Å²) in [5.41, 5.74) is 5.67. The molecule has 158 valence electrons. The predicted octanol–water partition coefficient (Wildman–Crippen LogP) is 7.09. The molecule has 2 aromatic carbocycles. The second-order valence-electron chi connectivity index (χ2n) is 8.40. The minimum Gasteiger partial charge on any atom is -0.372 e. The van der Waals surface area contributed by atoms with Crippen molar-refractivity contribution in [3.8, 4) is 0 Å². The Hall–Kier alpha value is -1.96. The third-order valence-corrected chi connectivity index (χ3v) is 6.88. The van der Waals surface area contributed by atoms with Crippen molar-refractivity contribution in [2.45, 2.75) is 65.7 Å². The summed E-state index contributed by atoms with van der Waals surface area (Å²) in [6, 6.07) is 18.9. The highest BCUT2D eigenvalue weighted by atomic mass is 15.1. The zero-order chi connectivity index (χ0) is 20.6. The molecule has 0 aromatic heterocycles. The first kappa shape index (κ1) is 21.7. The number of rotatable bonds is 9. The molecule has 0 radical (unpaired) electrons. The Labute approximate surface area is 178 Å². The lowest BCUT2D eigenvalue weighted by Gasteiger charge is -2.32. The van der Waals surface area contributed by atoms with Crippen molar-refractivity contribution in [1.82, 2.24) is 0 Å². The molecule has 3 rings (SSSR count). The van der Waals surface area contributed by atoms with E-state index in [2.05, 4.69) is 86.0 Å². The van der Waals surface area contributed by atoms with Crippen LogP contribution in [-0.4, -0.2) is 26.2 Å². The molecular formula is C27H40N2. The fourth-order valence-electron chi connectivity index (χ4n) is 5.17. The molecule has 1 aliphatic rings. The van der Waals surface area contributed by atoms with Crippen LogP contribution in [0.3, 0.4) is 0 Å². The minimum atomic E-state index is 0.520. The van der Waals surface area contributed by atoms with E-state index < -0.39 is 0 Å². The topological polar surface area (TPSA) is 6.48 Å². The van der Waals surface area contributed by atoms with Gasteiger partial charge in [0, 0.05) is 43.5 Å². The average Bonchev–Trinajstić information content (AvgIpc) is 2.78. The van der Waals surface area contributed by atoms with Crippen LogP contribution in [0, 0.1) is 5.92 Å². The van der Waals surface area contributed by atoms with Crippen molar-refractivity contribution in [3.05, 3.63) is 59.7 Å². The van der Waals surface area contributed by atoms with Gasteiger partial charge in [0.1, 0.15) is 0 Å². The average molecular weight is 393 g/mol. The second-order valence-corrected chi connectivity index (χ2v) is 8.40. The van der Waals surface area contributed by atoms with E-state index in [4.69, 9.17) is 0 Å². The maximum absolute atomic E-state index is 2.43. The van der Waals surface area contributed by atoms with E-state index in [0.717, 1.165) is 32.1 Å². The van der Waals surface area contributed by atoms with Crippen LogP contribution >= 0.6 is 0 Å². The van der Waals surface area contributed by atoms with Crippen LogP contribution in [0.4, 0.5) is 11.4 Å². The van der Waals surface area contributed by atoms with Crippen molar-refractivity contribution in [2.24, 2.45) is 5.92 Å². The lowest BCUT2D eigenvalue weighted by atomic mass is 9.73. The number of hydrogen-bond acceptors (Lipinski definition) is 2. The third kappa shape index (κ3) is 5.15. The fourth-order valence-corrected chi connectivity index (χ4v) is 5.17. The normalized spacial score (nSPS) is 14.9. The molecule has 2 nitrogen and oxygen atoms in total. The second kappa shape index (κ2) is 10.7. The molecule has 0 spiro atoms. The molecule has 0 aliphatic heterocycles. The van der Waals surface area contributed by atoms with E-state index >= 15 is 0 Å². The van der Waals surface area contributed by atoms with Gasteiger partial charge in [-0.15, -0.1) is 0 Å². The maximum Gasteiger partial charge on any atom is 0.0366 e. The zero-order valence-electron chi connectivity index (χ0n) is 19.0. The van der Waals surface area contributed by atoms with Crippen LogP contribution in [0.1, 0.15) is 76.8 Å². The van der Waals surface area contributed by atoms with E-state index in [9.17, 15) is 0 Å². The summed E-state index contributed by atoms with van der Waals surface area (Å²) in [7, 11) is 0. The number of nitrogens with zero attached hydrogens (tertiary/aromatic N) is 2. The zero-order valence-corrected chi connectivity index (χ0v) is 19.0. The van der Waals surface area contributed by atoms with Gasteiger partial charge in [0.15, 0.2) is 0 Å². The fraction of sp³-hybridized carbons (Fsp3) is 0.556. The molecule has 1 saturated carbocycles. The first-order valence-corrected chi connectivity index (χ1v) is 11.9. The van der Waals surface area contributed by atoms with Crippen molar-refractivity contribution < 1.29 is 0 Å². The quantitative estimate of drug-likeness (QED) is 0.449. The molecular weight excluding hydrogens is 352 g/mol. The highest BCUT2D eigenvalue weighted by Gasteiger charge is 2.26. The van der Waals surface area contributed by atoms with Crippen molar-refractivity contribution in [2.75, 3.05) is 36.0 Å². The van der Waals surface area contributed by atoms with Gasteiger partial charge in [-0.2, -0.15) is 0 Å². The number of hydrogen-bond donors (Lipinski definition) is 0. The summed E-state index contributed by atoms with van der Waals surface area (Å²) < 4.78 is 0. The maximum atomic E-state index is 2.43. The van der Waals surface area contributed by atoms with E-state index in [1.807, 2.05) is 0 Å². The van der Waals surface area contributed by atoms with Gasteiger partial charge in [-0.25, -0.2) is 0 Å². The molecule has 0 atom stereocenters. The SMILES string of the molecule is CCN(CC)c1ccc(C(c2ccc(N(CC)CC)cc2)C2CCCCC2)cc1. The van der Waals surface area contributed by atoms with Gasteiger partial charge in [0.2, 0.25) is 0 Å². The summed E-state index contributed by atoms with van der Waals surface area (Å²) in [6.07, 6.45) is 6.90. The van der Waals surface area contributed by atoms with Gasteiger partial charge < -0.3 is 9.80 Å². The van der Waals surface area contributed by atoms with Crippen molar-refractivity contribution in [3.63, 3.8) is 0 Å². The molecule has 0 saturated heterocycles. The van der Waals surface area contributed by atoms with Crippen LogP contribution < -0.4 is 9.80 Å². The van der Waals surface area contributed by atoms with Gasteiger partial charge in [-0.1, -0.05) is 43.5 Å². The summed E-state index contributed by atoms with van der Waals surface area (Å²) in [4.78, 5) is 4.86. The van der Waals surface area contributed by atoms with E-state index in [1.54, 1.807) is 0 Å². The van der Waals surface area contributed by atoms with Gasteiger partial charge in [-0.05, 0) is 81.8 Å². The number of anilines is 2. The molecule has 0 N–H and O–H groups in total. The summed E-state index contributed by atoms with van der Waals surface area (Å²) in [5, 5.41) is 0. The molecule has 0 unspecified atom stereocenters. The molecule has 1 aliphatic carbocycles. The van der Waals surface area contributed by atoms with E-state index in [0.29, 0.717) is 5.92 Å². The predicted molar refractivity (Wildman–Crippen MR) is 128 cm³/mol. The Morgan fingerprint density at radius 3 is 1.34 bits per heavy atom. The largest absolute Gasteiger partial charge is 0.372 e. The van der Waals surface area contributed by atoms with Gasteiger partial charge in [-0.3, -0.25) is 0 Å². The minimum absolute atomic E-state index is 0.520. The lowest BCUT2D eigenvalue weighted by Crippen LogP contribution is -2.22. The molecule has 0 heterocycles. The molecule has 1 fully saturated rings. The standard InChI is InChI=1S/C27H40N2/c1-5-28(6-2)25-18-14-23(15-19-25)27(22-12-10-9-11-13-22)24-16-20-26(21-17-24)29(7-3)8-4/h14-22,27H,5-13H2,1-4H3. The van der Waals surface area contributed by atoms with Gasteiger partial charge in [0.25, 0.3) is 0 Å². The molecule has 2 aromatic rings. The summed E-state index contributed by atoms with van der Waals surface area (Å²) in [6.45, 7) is 13.2. The Balaban J connectivity index is 1.91. The Bertz CT molecular complexity index is 650. The molecule has 2 heteroatoms. The van der Waals surface area contributed by atoms with E-state index in [-0.39, 0.29) is 0 Å². The Morgan fingerprint density at radius 2 is 1.00 bits per heavy atom. The smallest absolute Gasteiger partial charge is 0.0366 e. The Morgan fingerprint density at radius 1 is 0.621 bits per heavy atom. The third-order valence-electron chi connectivity index (χ3n) is 6.88. The van der Waals surface area contributed by atoms with E-state index in [1.165, 1.54) is 54.6 Å². The van der Waals surface area contributed by atoms with Crippen LogP contribution in [0.25, 0.3) is 0 Å². The van der Waals surface area contributed by atoms with Gasteiger partial charge >= 0.3 is 0 Å². The lowest BCUT2D eigenvalue weighted by molar-refractivity contribution is 0.327. The number of benzene rings is 2. The summed E-state index contributed by atoms with van der Waals surface area (Å²) >= 11 is 0. The Kier molecular flexibility index (Phi) is 8.03. The van der Waals surface area contributed by atoms with Crippen LogP contribution in [0.2, 0.25) is 0 Å². The first-order chi connectivity index (χ1) is 14.2. The monoisotopic (exact) mass is 392 g/mol. The van der Waals surface area contributed by atoms with Crippen LogP contribution in [0.15, 0.2) is 48.5 Å². The molecule has 29 heavy (non-hydrogen) atoms. The van der Waals surface area contributed by atoms with Crippen LogP contribution in [-0.2, 0) is 0 Å². The molecule has 0 bridgehead atoms. The van der Waals surface area contributed by atoms with Crippen LogP contribution in [0.5, 0.6) is 0 Å². The highest BCUT2D eigenvalue weighted by Crippen LogP contribution is 2.41. The van der Waals surface area contributed by atoms with Gasteiger partial charge in [0.05, 0.1) is 0 Å². The van der Waals surface area contributed by atoms with Crippen molar-refractivity contribution >= 4 is 11.4 Å². The highest BCUT2D eigenvalue weighted by molar-refractivity contribution is 5.51.